The summed E-state index contributed by atoms with van der Waals surface area (Å²) in [7, 11) is 0. The maximum atomic E-state index is 5.98. The second-order valence-corrected chi connectivity index (χ2v) is 6.66. The Balaban J connectivity index is 1.81. The lowest BCUT2D eigenvalue weighted by Gasteiger charge is -2.34. The van der Waals surface area contributed by atoms with Crippen molar-refractivity contribution in [3.63, 3.8) is 0 Å². The van der Waals surface area contributed by atoms with Crippen molar-refractivity contribution < 1.29 is 4.74 Å². The number of benzene rings is 1. The van der Waals surface area contributed by atoms with Crippen LogP contribution in [0.3, 0.4) is 0 Å². The summed E-state index contributed by atoms with van der Waals surface area (Å²) in [6.07, 6.45) is 0.935. The highest BCUT2D eigenvalue weighted by atomic mass is 16.5. The molecule has 0 aliphatic carbocycles. The zero-order valence-corrected chi connectivity index (χ0v) is 16.4. The van der Waals surface area contributed by atoms with E-state index in [0.29, 0.717) is 12.5 Å². The van der Waals surface area contributed by atoms with Gasteiger partial charge in [0.2, 0.25) is 0 Å². The molecular weight excluding hydrogens is 326 g/mol. The minimum Gasteiger partial charge on any atom is -0.382 e. The summed E-state index contributed by atoms with van der Waals surface area (Å²) in [5, 5.41) is 3.16. The summed E-state index contributed by atoms with van der Waals surface area (Å²) in [4.78, 5) is 9.54. The predicted octanol–water partition coefficient (Wildman–Crippen LogP) is 1.66. The molecule has 1 aliphatic rings. The molecule has 1 fully saturated rings. The SMILES string of the molecule is CCOCCCNC(N)=NCc1ccccc1CN1CCN(CC)CC1. The zero-order valence-electron chi connectivity index (χ0n) is 16.4. The second-order valence-electron chi connectivity index (χ2n) is 6.66. The van der Waals surface area contributed by atoms with Gasteiger partial charge < -0.3 is 20.7 Å². The van der Waals surface area contributed by atoms with Crippen LogP contribution in [-0.2, 0) is 17.8 Å². The Bertz CT molecular complexity index is 541. The predicted molar refractivity (Wildman–Crippen MR) is 108 cm³/mol. The average molecular weight is 362 g/mol. The lowest BCUT2D eigenvalue weighted by molar-refractivity contribution is 0.131. The van der Waals surface area contributed by atoms with Gasteiger partial charge in [0.25, 0.3) is 0 Å². The van der Waals surface area contributed by atoms with E-state index >= 15 is 0 Å². The number of rotatable bonds is 10. The maximum absolute atomic E-state index is 5.98. The Morgan fingerprint density at radius 1 is 1.12 bits per heavy atom. The molecule has 0 amide bonds. The molecular formula is C20H35N5O. The Labute approximate surface area is 158 Å². The summed E-state index contributed by atoms with van der Waals surface area (Å²) >= 11 is 0. The minimum absolute atomic E-state index is 0.507. The average Bonchev–Trinajstić information content (AvgIpc) is 2.68. The summed E-state index contributed by atoms with van der Waals surface area (Å²) in [5.41, 5.74) is 8.59. The van der Waals surface area contributed by atoms with Crippen LogP contribution in [0.1, 0.15) is 31.4 Å². The molecule has 0 unspecified atom stereocenters. The Morgan fingerprint density at radius 3 is 2.50 bits per heavy atom. The molecule has 146 valence electrons. The lowest BCUT2D eigenvalue weighted by atomic mass is 10.1. The fourth-order valence-corrected chi connectivity index (χ4v) is 3.13. The Kier molecular flexibility index (Phi) is 9.45. The second kappa shape index (κ2) is 11.9. The van der Waals surface area contributed by atoms with Gasteiger partial charge in [-0.2, -0.15) is 0 Å². The number of nitrogens with two attached hydrogens (primary N) is 1. The van der Waals surface area contributed by atoms with Crippen LogP contribution in [-0.4, -0.2) is 68.2 Å². The molecule has 1 saturated heterocycles. The number of likely N-dealkylation sites (N-methyl/N-ethyl adjacent to an activating group) is 1. The van der Waals surface area contributed by atoms with Gasteiger partial charge >= 0.3 is 0 Å². The number of piperazine rings is 1. The molecule has 2 rings (SSSR count). The molecule has 0 atom stereocenters. The topological polar surface area (TPSA) is 66.1 Å². The molecule has 0 saturated carbocycles. The molecule has 0 radical (unpaired) electrons. The molecule has 1 aromatic carbocycles. The van der Waals surface area contributed by atoms with Gasteiger partial charge in [0.1, 0.15) is 0 Å². The standard InChI is InChI=1S/C20H35N5O/c1-3-24-11-13-25(14-12-24)17-19-9-6-5-8-18(19)16-23-20(21)22-10-7-15-26-4-2/h5-6,8-9H,3-4,7,10-17H2,1-2H3,(H3,21,22,23). The molecule has 0 bridgehead atoms. The van der Waals surface area contributed by atoms with Crippen LogP contribution in [0.2, 0.25) is 0 Å². The van der Waals surface area contributed by atoms with Crippen LogP contribution in [0.5, 0.6) is 0 Å². The van der Waals surface area contributed by atoms with Gasteiger partial charge in [-0.1, -0.05) is 31.2 Å². The fraction of sp³-hybridized carbons (Fsp3) is 0.650. The van der Waals surface area contributed by atoms with Crippen molar-refractivity contribution in [3.8, 4) is 0 Å². The number of hydrogen-bond donors (Lipinski definition) is 2. The van der Waals surface area contributed by atoms with Crippen molar-refractivity contribution in [3.05, 3.63) is 35.4 Å². The number of aliphatic imine (C=N–C) groups is 1. The quantitative estimate of drug-likeness (QED) is 0.377. The van der Waals surface area contributed by atoms with Crippen molar-refractivity contribution in [2.45, 2.75) is 33.4 Å². The van der Waals surface area contributed by atoms with E-state index in [1.165, 1.54) is 11.1 Å². The minimum atomic E-state index is 0.507. The molecule has 1 aromatic rings. The largest absolute Gasteiger partial charge is 0.382 e. The first-order valence-electron chi connectivity index (χ1n) is 9.86. The Hall–Kier alpha value is -1.63. The third kappa shape index (κ3) is 7.32. The molecule has 3 N–H and O–H groups in total. The van der Waals surface area contributed by atoms with E-state index in [-0.39, 0.29) is 0 Å². The van der Waals surface area contributed by atoms with Gasteiger partial charge in [0, 0.05) is 52.5 Å². The zero-order chi connectivity index (χ0) is 18.6. The van der Waals surface area contributed by atoms with E-state index in [4.69, 9.17) is 10.5 Å². The summed E-state index contributed by atoms with van der Waals surface area (Å²) in [5.74, 6) is 0.507. The number of nitrogens with one attached hydrogen (secondary N) is 1. The molecule has 0 spiro atoms. The van der Waals surface area contributed by atoms with Gasteiger partial charge in [0.05, 0.1) is 6.54 Å². The maximum Gasteiger partial charge on any atom is 0.188 e. The fourth-order valence-electron chi connectivity index (χ4n) is 3.13. The smallest absolute Gasteiger partial charge is 0.188 e. The van der Waals surface area contributed by atoms with E-state index in [1.807, 2.05) is 6.92 Å². The molecule has 0 aromatic heterocycles. The van der Waals surface area contributed by atoms with E-state index in [0.717, 1.165) is 65.4 Å². The molecule has 1 heterocycles. The highest BCUT2D eigenvalue weighted by Crippen LogP contribution is 2.14. The number of nitrogens with zero attached hydrogens (tertiary/aromatic N) is 3. The summed E-state index contributed by atoms with van der Waals surface area (Å²) in [6.45, 7) is 13.9. The normalized spacial score (nSPS) is 16.8. The van der Waals surface area contributed by atoms with Crippen LogP contribution < -0.4 is 11.1 Å². The van der Waals surface area contributed by atoms with Crippen LogP contribution in [0.15, 0.2) is 29.3 Å². The number of hydrogen-bond acceptors (Lipinski definition) is 4. The monoisotopic (exact) mass is 361 g/mol. The van der Waals surface area contributed by atoms with Crippen molar-refractivity contribution in [1.29, 1.82) is 0 Å². The molecule has 6 nitrogen and oxygen atoms in total. The third-order valence-electron chi connectivity index (χ3n) is 4.82. The first-order valence-corrected chi connectivity index (χ1v) is 9.86. The van der Waals surface area contributed by atoms with Gasteiger partial charge in [-0.05, 0) is 31.0 Å². The van der Waals surface area contributed by atoms with Gasteiger partial charge in [-0.25, -0.2) is 4.99 Å². The van der Waals surface area contributed by atoms with Crippen LogP contribution in [0.25, 0.3) is 0 Å². The van der Waals surface area contributed by atoms with Crippen molar-refractivity contribution in [2.75, 3.05) is 52.5 Å². The van der Waals surface area contributed by atoms with E-state index in [9.17, 15) is 0 Å². The summed E-state index contributed by atoms with van der Waals surface area (Å²) in [6, 6.07) is 8.56. The highest BCUT2D eigenvalue weighted by molar-refractivity contribution is 5.77. The van der Waals surface area contributed by atoms with Gasteiger partial charge in [-0.15, -0.1) is 0 Å². The van der Waals surface area contributed by atoms with E-state index < -0.39 is 0 Å². The van der Waals surface area contributed by atoms with Crippen molar-refractivity contribution in [1.82, 2.24) is 15.1 Å². The van der Waals surface area contributed by atoms with Gasteiger partial charge in [-0.3, -0.25) is 4.90 Å². The number of guanidine groups is 1. The number of ether oxygens (including phenoxy) is 1. The first-order chi connectivity index (χ1) is 12.7. The van der Waals surface area contributed by atoms with Crippen molar-refractivity contribution in [2.24, 2.45) is 10.7 Å². The third-order valence-corrected chi connectivity index (χ3v) is 4.82. The lowest BCUT2D eigenvalue weighted by Crippen LogP contribution is -2.45. The van der Waals surface area contributed by atoms with Crippen LogP contribution >= 0.6 is 0 Å². The van der Waals surface area contributed by atoms with Crippen LogP contribution in [0, 0.1) is 0 Å². The first kappa shape index (κ1) is 20.7. The summed E-state index contributed by atoms with van der Waals surface area (Å²) < 4.78 is 5.32. The van der Waals surface area contributed by atoms with Gasteiger partial charge in [0.15, 0.2) is 5.96 Å². The molecule has 6 heteroatoms. The van der Waals surface area contributed by atoms with Crippen molar-refractivity contribution >= 4 is 5.96 Å². The van der Waals surface area contributed by atoms with E-state index in [1.54, 1.807) is 0 Å². The molecule has 1 aliphatic heterocycles. The highest BCUT2D eigenvalue weighted by Gasteiger charge is 2.16. The Morgan fingerprint density at radius 2 is 1.81 bits per heavy atom. The van der Waals surface area contributed by atoms with E-state index in [2.05, 4.69) is 51.3 Å². The van der Waals surface area contributed by atoms with Crippen LogP contribution in [0.4, 0.5) is 0 Å². The molecule has 26 heavy (non-hydrogen) atoms.